The summed E-state index contributed by atoms with van der Waals surface area (Å²) in [5.74, 6) is 2.08. The SMILES string of the molecule is O=C(Nc1ccccc1N1CCSCC1)c1ccccn1. The summed E-state index contributed by atoms with van der Waals surface area (Å²) in [5.41, 5.74) is 2.36. The molecule has 0 unspecified atom stereocenters. The van der Waals surface area contributed by atoms with E-state index < -0.39 is 0 Å². The third-order valence-corrected chi connectivity index (χ3v) is 4.34. The van der Waals surface area contributed by atoms with Crippen LogP contribution in [-0.4, -0.2) is 35.5 Å². The first kappa shape index (κ1) is 13.9. The third-order valence-electron chi connectivity index (χ3n) is 3.40. The Hall–Kier alpha value is -2.01. The number of rotatable bonds is 3. The molecule has 0 atom stereocenters. The van der Waals surface area contributed by atoms with Crippen molar-refractivity contribution in [3.63, 3.8) is 0 Å². The molecule has 108 valence electrons. The average molecular weight is 299 g/mol. The van der Waals surface area contributed by atoms with Crippen molar-refractivity contribution < 1.29 is 4.79 Å². The highest BCUT2D eigenvalue weighted by molar-refractivity contribution is 7.99. The standard InChI is InChI=1S/C16H17N3OS/c20-16(14-6-3-4-8-17-14)18-13-5-1-2-7-15(13)19-9-11-21-12-10-19/h1-8H,9-12H2,(H,18,20). The number of anilines is 2. The number of carbonyl (C=O) groups excluding carboxylic acids is 1. The van der Waals surface area contributed by atoms with Gasteiger partial charge in [0.2, 0.25) is 0 Å². The highest BCUT2D eigenvalue weighted by Gasteiger charge is 2.16. The highest BCUT2D eigenvalue weighted by Crippen LogP contribution is 2.28. The van der Waals surface area contributed by atoms with Crippen molar-refractivity contribution in [2.24, 2.45) is 0 Å². The molecule has 1 aromatic carbocycles. The topological polar surface area (TPSA) is 45.2 Å². The minimum absolute atomic E-state index is 0.172. The second-order valence-corrected chi connectivity index (χ2v) is 6.01. The first-order valence-electron chi connectivity index (χ1n) is 6.99. The first-order chi connectivity index (χ1) is 10.3. The molecule has 0 bridgehead atoms. The van der Waals surface area contributed by atoms with E-state index in [4.69, 9.17) is 0 Å². The molecule has 0 saturated carbocycles. The molecule has 1 N–H and O–H groups in total. The molecule has 1 amide bonds. The van der Waals surface area contributed by atoms with Crippen LogP contribution in [0.25, 0.3) is 0 Å². The van der Waals surface area contributed by atoms with Crippen LogP contribution < -0.4 is 10.2 Å². The largest absolute Gasteiger partial charge is 0.368 e. The number of thioether (sulfide) groups is 1. The van der Waals surface area contributed by atoms with Gasteiger partial charge in [-0.25, -0.2) is 0 Å². The number of hydrogen-bond acceptors (Lipinski definition) is 4. The number of hydrogen-bond donors (Lipinski definition) is 1. The number of pyridine rings is 1. The van der Waals surface area contributed by atoms with Crippen LogP contribution in [0.4, 0.5) is 11.4 Å². The van der Waals surface area contributed by atoms with Gasteiger partial charge in [0.25, 0.3) is 5.91 Å². The van der Waals surface area contributed by atoms with Crippen molar-refractivity contribution in [1.82, 2.24) is 4.98 Å². The molecule has 1 fully saturated rings. The summed E-state index contributed by atoms with van der Waals surface area (Å²) in [6.45, 7) is 2.03. The monoisotopic (exact) mass is 299 g/mol. The lowest BCUT2D eigenvalue weighted by molar-refractivity contribution is 0.102. The molecule has 0 radical (unpaired) electrons. The summed E-state index contributed by atoms with van der Waals surface area (Å²) in [6, 6.07) is 13.3. The zero-order valence-corrected chi connectivity index (χ0v) is 12.5. The molecule has 0 spiro atoms. The Morgan fingerprint density at radius 2 is 1.86 bits per heavy atom. The minimum atomic E-state index is -0.172. The van der Waals surface area contributed by atoms with Crippen LogP contribution in [-0.2, 0) is 0 Å². The Kier molecular flexibility index (Phi) is 4.40. The average Bonchev–Trinajstić information content (AvgIpc) is 2.57. The Morgan fingerprint density at radius 3 is 2.62 bits per heavy atom. The van der Waals surface area contributed by atoms with E-state index in [9.17, 15) is 4.79 Å². The molecule has 1 aliphatic rings. The normalized spacial score (nSPS) is 14.8. The molecule has 21 heavy (non-hydrogen) atoms. The maximum Gasteiger partial charge on any atom is 0.274 e. The smallest absolute Gasteiger partial charge is 0.274 e. The number of carbonyl (C=O) groups is 1. The van der Waals surface area contributed by atoms with Gasteiger partial charge in [0.05, 0.1) is 11.4 Å². The Morgan fingerprint density at radius 1 is 1.10 bits per heavy atom. The van der Waals surface area contributed by atoms with E-state index in [2.05, 4.69) is 21.3 Å². The van der Waals surface area contributed by atoms with Crippen LogP contribution in [0.2, 0.25) is 0 Å². The Bertz CT molecular complexity index is 612. The summed E-state index contributed by atoms with van der Waals surface area (Å²) in [4.78, 5) is 18.7. The lowest BCUT2D eigenvalue weighted by Gasteiger charge is -2.30. The van der Waals surface area contributed by atoms with Crippen molar-refractivity contribution in [1.29, 1.82) is 0 Å². The van der Waals surface area contributed by atoms with Gasteiger partial charge >= 0.3 is 0 Å². The second kappa shape index (κ2) is 6.63. The first-order valence-corrected chi connectivity index (χ1v) is 8.14. The van der Waals surface area contributed by atoms with Crippen LogP contribution in [0.3, 0.4) is 0 Å². The van der Waals surface area contributed by atoms with Gasteiger partial charge in [-0.05, 0) is 24.3 Å². The Balaban J connectivity index is 1.80. The number of benzene rings is 1. The van der Waals surface area contributed by atoms with E-state index in [1.54, 1.807) is 18.3 Å². The number of nitrogens with zero attached hydrogens (tertiary/aromatic N) is 2. The fraction of sp³-hybridized carbons (Fsp3) is 0.250. The summed E-state index contributed by atoms with van der Waals surface area (Å²) < 4.78 is 0. The predicted molar refractivity (Wildman–Crippen MR) is 88.2 cm³/mol. The minimum Gasteiger partial charge on any atom is -0.368 e. The molecular weight excluding hydrogens is 282 g/mol. The zero-order chi connectivity index (χ0) is 14.5. The lowest BCUT2D eigenvalue weighted by Crippen LogP contribution is -2.33. The number of amides is 1. The van der Waals surface area contributed by atoms with Gasteiger partial charge in [-0.1, -0.05) is 18.2 Å². The van der Waals surface area contributed by atoms with Gasteiger partial charge in [0, 0.05) is 30.8 Å². The van der Waals surface area contributed by atoms with E-state index in [1.807, 2.05) is 36.0 Å². The summed E-state index contributed by atoms with van der Waals surface area (Å²) in [5, 5.41) is 2.97. The maximum atomic E-state index is 12.3. The van der Waals surface area contributed by atoms with Crippen LogP contribution >= 0.6 is 11.8 Å². The number of aromatic nitrogens is 1. The molecule has 1 aliphatic heterocycles. The molecule has 2 aromatic rings. The highest BCUT2D eigenvalue weighted by atomic mass is 32.2. The van der Waals surface area contributed by atoms with E-state index in [0.717, 1.165) is 36.0 Å². The van der Waals surface area contributed by atoms with E-state index in [1.165, 1.54) is 0 Å². The van der Waals surface area contributed by atoms with Gasteiger partial charge in [-0.3, -0.25) is 9.78 Å². The van der Waals surface area contributed by atoms with Crippen molar-refractivity contribution in [3.05, 3.63) is 54.4 Å². The molecular formula is C16H17N3OS. The van der Waals surface area contributed by atoms with Crippen molar-refractivity contribution in [2.75, 3.05) is 34.8 Å². The van der Waals surface area contributed by atoms with Crippen LogP contribution in [0.1, 0.15) is 10.5 Å². The molecule has 0 aliphatic carbocycles. The molecule has 1 saturated heterocycles. The van der Waals surface area contributed by atoms with Gasteiger partial charge in [0.15, 0.2) is 0 Å². The summed E-state index contributed by atoms with van der Waals surface area (Å²) in [6.07, 6.45) is 1.63. The molecule has 3 rings (SSSR count). The Labute approximate surface area is 128 Å². The molecule has 2 heterocycles. The second-order valence-electron chi connectivity index (χ2n) is 4.79. The van der Waals surface area contributed by atoms with Crippen molar-refractivity contribution in [3.8, 4) is 0 Å². The molecule has 1 aromatic heterocycles. The number of nitrogens with one attached hydrogen (secondary N) is 1. The maximum absolute atomic E-state index is 12.3. The van der Waals surface area contributed by atoms with Crippen molar-refractivity contribution >= 4 is 29.0 Å². The molecule has 4 nitrogen and oxygen atoms in total. The quantitative estimate of drug-likeness (QED) is 0.946. The zero-order valence-electron chi connectivity index (χ0n) is 11.7. The van der Waals surface area contributed by atoms with E-state index in [-0.39, 0.29) is 5.91 Å². The van der Waals surface area contributed by atoms with Gasteiger partial charge < -0.3 is 10.2 Å². The summed E-state index contributed by atoms with van der Waals surface area (Å²) in [7, 11) is 0. The fourth-order valence-corrected chi connectivity index (χ4v) is 3.25. The molecule has 5 heteroatoms. The van der Waals surface area contributed by atoms with E-state index >= 15 is 0 Å². The predicted octanol–water partition coefficient (Wildman–Crippen LogP) is 2.89. The van der Waals surface area contributed by atoms with Crippen molar-refractivity contribution in [2.45, 2.75) is 0 Å². The van der Waals surface area contributed by atoms with Gasteiger partial charge in [-0.2, -0.15) is 11.8 Å². The van der Waals surface area contributed by atoms with Crippen LogP contribution in [0, 0.1) is 0 Å². The number of para-hydroxylation sites is 2. The van der Waals surface area contributed by atoms with Gasteiger partial charge in [0.1, 0.15) is 5.69 Å². The van der Waals surface area contributed by atoms with Gasteiger partial charge in [-0.15, -0.1) is 0 Å². The van der Waals surface area contributed by atoms with Crippen LogP contribution in [0.15, 0.2) is 48.7 Å². The fourth-order valence-electron chi connectivity index (χ4n) is 2.34. The van der Waals surface area contributed by atoms with Crippen LogP contribution in [0.5, 0.6) is 0 Å². The van der Waals surface area contributed by atoms with E-state index in [0.29, 0.717) is 5.69 Å². The third kappa shape index (κ3) is 3.36. The lowest BCUT2D eigenvalue weighted by atomic mass is 10.2. The summed E-state index contributed by atoms with van der Waals surface area (Å²) >= 11 is 1.97.